The molecule has 1 aliphatic carbocycles. The first-order valence-electron chi connectivity index (χ1n) is 7.76. The van der Waals surface area contributed by atoms with E-state index >= 15 is 0 Å². The van der Waals surface area contributed by atoms with Crippen molar-refractivity contribution in [3.05, 3.63) is 35.1 Å². The van der Waals surface area contributed by atoms with Gasteiger partial charge >= 0.3 is 6.18 Å². The second-order valence-corrected chi connectivity index (χ2v) is 6.22. The summed E-state index contributed by atoms with van der Waals surface area (Å²) < 4.78 is 52.3. The molecular weight excluding hydrogens is 332 g/mol. The minimum Gasteiger partial charge on any atom is -0.314 e. The zero-order valence-electron chi connectivity index (χ0n) is 12.7. The quantitative estimate of drug-likeness (QED) is 0.824. The van der Waals surface area contributed by atoms with Crippen molar-refractivity contribution in [3.8, 4) is 0 Å². The maximum Gasteiger partial charge on any atom is 0.419 e. The van der Waals surface area contributed by atoms with Crippen molar-refractivity contribution in [2.45, 2.75) is 31.5 Å². The Kier molecular flexibility index (Phi) is 5.92. The third-order valence-corrected chi connectivity index (χ3v) is 4.53. The number of halogens is 5. The maximum absolute atomic E-state index is 13.5. The molecule has 2 aliphatic rings. The fourth-order valence-electron chi connectivity index (χ4n) is 3.13. The van der Waals surface area contributed by atoms with E-state index in [0.29, 0.717) is 11.5 Å². The van der Waals surface area contributed by atoms with Crippen molar-refractivity contribution < 1.29 is 17.6 Å². The van der Waals surface area contributed by atoms with E-state index in [-0.39, 0.29) is 18.4 Å². The van der Waals surface area contributed by atoms with Gasteiger partial charge in [-0.3, -0.25) is 4.90 Å². The molecule has 1 aromatic carbocycles. The van der Waals surface area contributed by atoms with Gasteiger partial charge in [-0.2, -0.15) is 13.2 Å². The first-order valence-corrected chi connectivity index (χ1v) is 7.76. The van der Waals surface area contributed by atoms with E-state index in [1.165, 1.54) is 6.07 Å². The lowest BCUT2D eigenvalue weighted by Gasteiger charge is -2.35. The van der Waals surface area contributed by atoms with Crippen molar-refractivity contribution in [1.82, 2.24) is 10.2 Å². The molecule has 1 saturated heterocycles. The standard InChI is InChI=1S/C16H20F4N2.ClH/c17-14-4-3-12(10-13(14)16(18,19)20)15(9-11-1-2-11)22-7-5-21-6-8-22;/h3-4,10-11,15,21H,1-2,5-9H2;1H/t15-;/m0./s1. The topological polar surface area (TPSA) is 15.3 Å². The molecule has 0 spiro atoms. The number of rotatable bonds is 4. The van der Waals surface area contributed by atoms with Gasteiger partial charge in [-0.1, -0.05) is 18.9 Å². The Bertz CT molecular complexity index is 525. The lowest BCUT2D eigenvalue weighted by Crippen LogP contribution is -2.45. The normalized spacial score (nSPS) is 20.9. The van der Waals surface area contributed by atoms with Gasteiger partial charge in [0.2, 0.25) is 0 Å². The van der Waals surface area contributed by atoms with E-state index in [9.17, 15) is 17.6 Å². The van der Waals surface area contributed by atoms with Crippen molar-refractivity contribution >= 4 is 12.4 Å². The molecule has 0 aromatic heterocycles. The fourth-order valence-corrected chi connectivity index (χ4v) is 3.13. The first-order chi connectivity index (χ1) is 10.4. The molecule has 1 heterocycles. The maximum atomic E-state index is 13.5. The highest BCUT2D eigenvalue weighted by Crippen LogP contribution is 2.41. The minimum atomic E-state index is -4.65. The molecule has 1 saturated carbocycles. The number of benzene rings is 1. The molecule has 0 radical (unpaired) electrons. The Balaban J connectivity index is 0.00000192. The summed E-state index contributed by atoms with van der Waals surface area (Å²) in [5.74, 6) is -0.596. The molecule has 2 fully saturated rings. The molecule has 1 N–H and O–H groups in total. The van der Waals surface area contributed by atoms with E-state index in [1.807, 2.05) is 0 Å². The van der Waals surface area contributed by atoms with E-state index in [1.54, 1.807) is 0 Å². The Morgan fingerprint density at radius 3 is 2.39 bits per heavy atom. The van der Waals surface area contributed by atoms with Gasteiger partial charge in [0.05, 0.1) is 5.56 Å². The number of piperazine rings is 1. The van der Waals surface area contributed by atoms with E-state index in [4.69, 9.17) is 0 Å². The Hall–Kier alpha value is -0.850. The molecule has 130 valence electrons. The second kappa shape index (κ2) is 7.36. The van der Waals surface area contributed by atoms with Crippen LogP contribution >= 0.6 is 12.4 Å². The number of alkyl halides is 3. The molecule has 1 atom stereocenters. The molecule has 7 heteroatoms. The van der Waals surface area contributed by atoms with E-state index < -0.39 is 17.6 Å². The van der Waals surface area contributed by atoms with Crippen LogP contribution in [0.3, 0.4) is 0 Å². The van der Waals surface area contributed by atoms with Crippen molar-refractivity contribution in [3.63, 3.8) is 0 Å². The molecule has 0 bridgehead atoms. The predicted octanol–water partition coefficient (Wildman–Crippen LogP) is 4.01. The van der Waals surface area contributed by atoms with Crippen LogP contribution in [0.25, 0.3) is 0 Å². The lowest BCUT2D eigenvalue weighted by atomic mass is 9.96. The van der Waals surface area contributed by atoms with Crippen LogP contribution < -0.4 is 5.32 Å². The molecule has 2 nitrogen and oxygen atoms in total. The highest BCUT2D eigenvalue weighted by atomic mass is 35.5. The van der Waals surface area contributed by atoms with Gasteiger partial charge < -0.3 is 5.32 Å². The zero-order valence-corrected chi connectivity index (χ0v) is 13.5. The Morgan fingerprint density at radius 2 is 1.83 bits per heavy atom. The molecule has 0 unspecified atom stereocenters. The number of nitrogens with one attached hydrogen (secondary N) is 1. The van der Waals surface area contributed by atoms with Gasteiger partial charge in [-0.15, -0.1) is 12.4 Å². The highest BCUT2D eigenvalue weighted by Gasteiger charge is 2.36. The van der Waals surface area contributed by atoms with Gasteiger partial charge in [0.1, 0.15) is 5.82 Å². The summed E-state index contributed by atoms with van der Waals surface area (Å²) in [5, 5.41) is 3.25. The van der Waals surface area contributed by atoms with Crippen molar-refractivity contribution in [2.75, 3.05) is 26.2 Å². The number of hydrogen-bond donors (Lipinski definition) is 1. The summed E-state index contributed by atoms with van der Waals surface area (Å²) in [4.78, 5) is 2.22. The third-order valence-electron chi connectivity index (χ3n) is 4.53. The van der Waals surface area contributed by atoms with E-state index in [0.717, 1.165) is 57.6 Å². The van der Waals surface area contributed by atoms with Crippen LogP contribution in [0.5, 0.6) is 0 Å². The third kappa shape index (κ3) is 4.58. The van der Waals surface area contributed by atoms with Crippen molar-refractivity contribution in [1.29, 1.82) is 0 Å². The van der Waals surface area contributed by atoms with Gasteiger partial charge in [-0.25, -0.2) is 4.39 Å². The fraction of sp³-hybridized carbons (Fsp3) is 0.625. The largest absolute Gasteiger partial charge is 0.419 e. The van der Waals surface area contributed by atoms with Crippen LogP contribution in [-0.4, -0.2) is 31.1 Å². The molecule has 3 rings (SSSR count). The summed E-state index contributed by atoms with van der Waals surface area (Å²) in [6.07, 6.45) is -1.48. The second-order valence-electron chi connectivity index (χ2n) is 6.22. The minimum absolute atomic E-state index is 0. The van der Waals surface area contributed by atoms with Crippen LogP contribution in [0, 0.1) is 11.7 Å². The van der Waals surface area contributed by atoms with Crippen LogP contribution in [0.1, 0.15) is 36.4 Å². The number of hydrogen-bond acceptors (Lipinski definition) is 2. The SMILES string of the molecule is Cl.Fc1ccc([C@H](CC2CC2)N2CCNCC2)cc1C(F)(F)F. The molecule has 23 heavy (non-hydrogen) atoms. The molecule has 1 aromatic rings. The van der Waals surface area contributed by atoms with Crippen LogP contribution in [0.2, 0.25) is 0 Å². The summed E-state index contributed by atoms with van der Waals surface area (Å²) >= 11 is 0. The summed E-state index contributed by atoms with van der Waals surface area (Å²) in [6, 6.07) is 3.43. The Labute approximate surface area is 139 Å². The predicted molar refractivity (Wildman–Crippen MR) is 83.2 cm³/mol. The summed E-state index contributed by atoms with van der Waals surface area (Å²) in [6.45, 7) is 3.31. The summed E-state index contributed by atoms with van der Waals surface area (Å²) in [5.41, 5.74) is -0.566. The van der Waals surface area contributed by atoms with Crippen LogP contribution in [0.4, 0.5) is 17.6 Å². The van der Waals surface area contributed by atoms with Crippen LogP contribution in [-0.2, 0) is 6.18 Å². The summed E-state index contributed by atoms with van der Waals surface area (Å²) in [7, 11) is 0. The monoisotopic (exact) mass is 352 g/mol. The molecule has 1 aliphatic heterocycles. The average molecular weight is 353 g/mol. The van der Waals surface area contributed by atoms with Gasteiger partial charge in [0.15, 0.2) is 0 Å². The first kappa shape index (κ1) is 18.5. The van der Waals surface area contributed by atoms with Crippen LogP contribution in [0.15, 0.2) is 18.2 Å². The highest BCUT2D eigenvalue weighted by molar-refractivity contribution is 5.85. The molecular formula is C16H21ClF4N2. The van der Waals surface area contributed by atoms with E-state index in [2.05, 4.69) is 10.2 Å². The van der Waals surface area contributed by atoms with Gasteiger partial charge in [-0.05, 0) is 30.0 Å². The Morgan fingerprint density at radius 1 is 1.17 bits per heavy atom. The smallest absolute Gasteiger partial charge is 0.314 e. The molecule has 0 amide bonds. The van der Waals surface area contributed by atoms with Gasteiger partial charge in [0.25, 0.3) is 0 Å². The van der Waals surface area contributed by atoms with Gasteiger partial charge in [0, 0.05) is 32.2 Å². The van der Waals surface area contributed by atoms with Crippen molar-refractivity contribution in [2.24, 2.45) is 5.92 Å². The lowest BCUT2D eigenvalue weighted by molar-refractivity contribution is -0.140. The average Bonchev–Trinajstić information content (AvgIpc) is 3.29. The zero-order chi connectivity index (χ0) is 15.7. The number of nitrogens with zero attached hydrogens (tertiary/aromatic N) is 1.